The van der Waals surface area contributed by atoms with Crippen LogP contribution in [0.2, 0.25) is 0 Å². The average Bonchev–Trinajstić information content (AvgIpc) is 2.56. The van der Waals surface area contributed by atoms with Crippen LogP contribution in [0.4, 0.5) is 0 Å². The minimum absolute atomic E-state index is 0.0459. The Morgan fingerprint density at radius 2 is 1.91 bits per heavy atom. The fourth-order valence-electron chi connectivity index (χ4n) is 2.64. The predicted molar refractivity (Wildman–Crippen MR) is 84.5 cm³/mol. The topological polar surface area (TPSA) is 58.6 Å². The molecule has 2 amide bonds. The van der Waals surface area contributed by atoms with E-state index in [1.165, 1.54) is 0 Å². The maximum absolute atomic E-state index is 12.1. The van der Waals surface area contributed by atoms with Gasteiger partial charge < -0.3 is 15.0 Å². The zero-order valence-electron chi connectivity index (χ0n) is 13.1. The number of carbonyl (C=O) groups excluding carboxylic acids is 2. The Labute approximate surface area is 131 Å². The Bertz CT molecular complexity index is 482. The number of rotatable bonds is 6. The van der Waals surface area contributed by atoms with Gasteiger partial charge in [0.05, 0.1) is 13.0 Å². The molecule has 1 aliphatic heterocycles. The third-order valence-corrected chi connectivity index (χ3v) is 3.90. The van der Waals surface area contributed by atoms with E-state index < -0.39 is 0 Å². The first-order valence-electron chi connectivity index (χ1n) is 7.94. The van der Waals surface area contributed by atoms with Crippen molar-refractivity contribution >= 4 is 11.8 Å². The number of carbonyl (C=O) groups is 2. The Morgan fingerprint density at radius 3 is 2.55 bits per heavy atom. The largest absolute Gasteiger partial charge is 0.493 e. The summed E-state index contributed by atoms with van der Waals surface area (Å²) in [4.78, 5) is 25.7. The SMILES string of the molecule is CCNC(=O)C1CCN(C(=O)CCOc2ccccc2)CC1. The lowest BCUT2D eigenvalue weighted by Crippen LogP contribution is -2.43. The fourth-order valence-corrected chi connectivity index (χ4v) is 2.64. The van der Waals surface area contributed by atoms with Gasteiger partial charge in [-0.15, -0.1) is 0 Å². The third kappa shape index (κ3) is 4.76. The van der Waals surface area contributed by atoms with Crippen molar-refractivity contribution in [2.24, 2.45) is 5.92 Å². The van der Waals surface area contributed by atoms with E-state index in [4.69, 9.17) is 4.74 Å². The van der Waals surface area contributed by atoms with Crippen LogP contribution in [0.5, 0.6) is 5.75 Å². The molecule has 2 rings (SSSR count). The van der Waals surface area contributed by atoms with Crippen LogP contribution in [0, 0.1) is 5.92 Å². The van der Waals surface area contributed by atoms with E-state index in [2.05, 4.69) is 5.32 Å². The molecule has 120 valence electrons. The Kier molecular flexibility index (Phi) is 6.25. The molecule has 0 bridgehead atoms. The van der Waals surface area contributed by atoms with Crippen LogP contribution in [0.1, 0.15) is 26.2 Å². The number of amides is 2. The highest BCUT2D eigenvalue weighted by atomic mass is 16.5. The fraction of sp³-hybridized carbons (Fsp3) is 0.529. The number of benzene rings is 1. The van der Waals surface area contributed by atoms with E-state index in [-0.39, 0.29) is 17.7 Å². The highest BCUT2D eigenvalue weighted by molar-refractivity contribution is 5.80. The molecule has 1 aliphatic rings. The van der Waals surface area contributed by atoms with E-state index in [0.29, 0.717) is 32.7 Å². The van der Waals surface area contributed by atoms with Crippen LogP contribution >= 0.6 is 0 Å². The summed E-state index contributed by atoms with van der Waals surface area (Å²) in [6.45, 7) is 4.29. The van der Waals surface area contributed by atoms with Gasteiger partial charge in [-0.3, -0.25) is 9.59 Å². The molecule has 0 aliphatic carbocycles. The van der Waals surface area contributed by atoms with Crippen molar-refractivity contribution in [3.63, 3.8) is 0 Å². The molecule has 1 aromatic rings. The molecule has 0 unspecified atom stereocenters. The highest BCUT2D eigenvalue weighted by Gasteiger charge is 2.26. The summed E-state index contributed by atoms with van der Waals surface area (Å²) in [5.41, 5.74) is 0. The molecule has 1 aromatic carbocycles. The molecule has 22 heavy (non-hydrogen) atoms. The summed E-state index contributed by atoms with van der Waals surface area (Å²) in [5, 5.41) is 2.85. The number of ether oxygens (including phenoxy) is 1. The standard InChI is InChI=1S/C17H24N2O3/c1-2-18-17(21)14-8-11-19(12-9-14)16(20)10-13-22-15-6-4-3-5-7-15/h3-7,14H,2,8-13H2,1H3,(H,18,21). The van der Waals surface area contributed by atoms with E-state index in [9.17, 15) is 9.59 Å². The second kappa shape index (κ2) is 8.41. The van der Waals surface area contributed by atoms with Crippen molar-refractivity contribution in [1.82, 2.24) is 10.2 Å². The summed E-state index contributed by atoms with van der Waals surface area (Å²) < 4.78 is 5.55. The number of piperidine rings is 1. The molecule has 0 atom stereocenters. The third-order valence-electron chi connectivity index (χ3n) is 3.90. The number of nitrogens with zero attached hydrogens (tertiary/aromatic N) is 1. The first kappa shape index (κ1) is 16.3. The minimum Gasteiger partial charge on any atom is -0.493 e. The first-order valence-corrected chi connectivity index (χ1v) is 7.94. The van der Waals surface area contributed by atoms with Gasteiger partial charge in [0.2, 0.25) is 11.8 Å². The smallest absolute Gasteiger partial charge is 0.225 e. The molecule has 0 spiro atoms. The van der Waals surface area contributed by atoms with Gasteiger partial charge in [0, 0.05) is 25.6 Å². The lowest BCUT2D eigenvalue weighted by Gasteiger charge is -2.31. The second-order valence-corrected chi connectivity index (χ2v) is 5.46. The summed E-state index contributed by atoms with van der Waals surface area (Å²) in [6.07, 6.45) is 1.87. The van der Waals surface area contributed by atoms with Gasteiger partial charge in [-0.05, 0) is 31.9 Å². The van der Waals surface area contributed by atoms with Gasteiger partial charge in [0.15, 0.2) is 0 Å². The molecule has 1 N–H and O–H groups in total. The normalized spacial score (nSPS) is 15.4. The molecule has 0 aromatic heterocycles. The minimum atomic E-state index is 0.0459. The summed E-state index contributed by atoms with van der Waals surface area (Å²) >= 11 is 0. The molecule has 5 nitrogen and oxygen atoms in total. The maximum atomic E-state index is 12.1. The van der Waals surface area contributed by atoms with Crippen LogP contribution in [0.25, 0.3) is 0 Å². The van der Waals surface area contributed by atoms with E-state index in [1.807, 2.05) is 42.2 Å². The lowest BCUT2D eigenvalue weighted by atomic mass is 9.95. The lowest BCUT2D eigenvalue weighted by molar-refractivity contribution is -0.136. The van der Waals surface area contributed by atoms with Crippen molar-refractivity contribution in [3.8, 4) is 5.75 Å². The quantitative estimate of drug-likeness (QED) is 0.872. The Morgan fingerprint density at radius 1 is 1.23 bits per heavy atom. The summed E-state index contributed by atoms with van der Waals surface area (Å²) in [5.74, 6) is 1.04. The molecule has 0 radical (unpaired) electrons. The summed E-state index contributed by atoms with van der Waals surface area (Å²) in [6, 6.07) is 9.49. The van der Waals surface area contributed by atoms with Crippen molar-refractivity contribution in [2.75, 3.05) is 26.2 Å². The second-order valence-electron chi connectivity index (χ2n) is 5.46. The molecule has 1 fully saturated rings. The van der Waals surface area contributed by atoms with Crippen LogP contribution < -0.4 is 10.1 Å². The zero-order valence-corrected chi connectivity index (χ0v) is 13.1. The van der Waals surface area contributed by atoms with Crippen molar-refractivity contribution in [1.29, 1.82) is 0 Å². The van der Waals surface area contributed by atoms with Gasteiger partial charge in [-0.1, -0.05) is 18.2 Å². The van der Waals surface area contributed by atoms with Crippen LogP contribution in [0.3, 0.4) is 0 Å². The first-order chi connectivity index (χ1) is 10.7. The molecule has 0 saturated carbocycles. The van der Waals surface area contributed by atoms with Gasteiger partial charge >= 0.3 is 0 Å². The molecule has 5 heteroatoms. The average molecular weight is 304 g/mol. The van der Waals surface area contributed by atoms with Gasteiger partial charge in [-0.25, -0.2) is 0 Å². The van der Waals surface area contributed by atoms with Gasteiger partial charge in [0.25, 0.3) is 0 Å². The number of likely N-dealkylation sites (tertiary alicyclic amines) is 1. The predicted octanol–water partition coefficient (Wildman–Crippen LogP) is 1.83. The van der Waals surface area contributed by atoms with Gasteiger partial charge in [-0.2, -0.15) is 0 Å². The van der Waals surface area contributed by atoms with Crippen molar-refractivity contribution < 1.29 is 14.3 Å². The van der Waals surface area contributed by atoms with Crippen LogP contribution in [-0.4, -0.2) is 43.0 Å². The maximum Gasteiger partial charge on any atom is 0.225 e. The van der Waals surface area contributed by atoms with Crippen LogP contribution in [-0.2, 0) is 9.59 Å². The highest BCUT2D eigenvalue weighted by Crippen LogP contribution is 2.18. The molecular formula is C17H24N2O3. The molecular weight excluding hydrogens is 280 g/mol. The molecule has 1 heterocycles. The number of nitrogens with one attached hydrogen (secondary N) is 1. The van der Waals surface area contributed by atoms with E-state index in [1.54, 1.807) is 0 Å². The van der Waals surface area contributed by atoms with E-state index >= 15 is 0 Å². The monoisotopic (exact) mass is 304 g/mol. The molecule has 1 saturated heterocycles. The number of hydrogen-bond donors (Lipinski definition) is 1. The van der Waals surface area contributed by atoms with Crippen molar-refractivity contribution in [3.05, 3.63) is 30.3 Å². The zero-order chi connectivity index (χ0) is 15.8. The summed E-state index contributed by atoms with van der Waals surface area (Å²) in [7, 11) is 0. The van der Waals surface area contributed by atoms with Gasteiger partial charge in [0.1, 0.15) is 5.75 Å². The van der Waals surface area contributed by atoms with Crippen LogP contribution in [0.15, 0.2) is 30.3 Å². The van der Waals surface area contributed by atoms with Crippen molar-refractivity contribution in [2.45, 2.75) is 26.2 Å². The number of para-hydroxylation sites is 1. The van der Waals surface area contributed by atoms with E-state index in [0.717, 1.165) is 18.6 Å². The Balaban J connectivity index is 1.68. The Hall–Kier alpha value is -2.04. The number of hydrogen-bond acceptors (Lipinski definition) is 3.